The van der Waals surface area contributed by atoms with Crippen molar-refractivity contribution in [1.82, 2.24) is 4.98 Å². The average Bonchev–Trinajstić information content (AvgIpc) is 3.13. The van der Waals surface area contributed by atoms with E-state index in [1.54, 1.807) is 59.8 Å². The van der Waals surface area contributed by atoms with Gasteiger partial charge in [-0.3, -0.25) is 15.1 Å². The molecule has 0 saturated heterocycles. The maximum absolute atomic E-state index is 12.3. The van der Waals surface area contributed by atoms with Gasteiger partial charge in [-0.2, -0.15) is 0 Å². The van der Waals surface area contributed by atoms with Gasteiger partial charge in [0.15, 0.2) is 0 Å². The quantitative estimate of drug-likeness (QED) is 0.625. The Labute approximate surface area is 156 Å². The largest absolute Gasteiger partial charge is 0.448 e. The Morgan fingerprint density at radius 2 is 1.89 bits per heavy atom. The summed E-state index contributed by atoms with van der Waals surface area (Å²) in [5.74, 6) is 0.779. The molecule has 0 radical (unpaired) electrons. The number of benzene rings is 1. The molecule has 1 aliphatic rings. The molecule has 0 amide bonds. The standard InChI is InChI=1S/C18H17N5O3S/c19-17-16-7-10-26-18(16)21-12-23(17)15-3-1-14(2-4-15)22-27(24,25)11-13-5-8-20-9-6-13/h1-10,19,21-22H,11-12H2. The Kier molecular flexibility index (Phi) is 4.28. The molecule has 0 spiro atoms. The normalized spacial score (nSPS) is 13.8. The predicted molar refractivity (Wildman–Crippen MR) is 103 cm³/mol. The molecule has 3 aromatic rings. The maximum atomic E-state index is 12.3. The average molecular weight is 383 g/mol. The van der Waals surface area contributed by atoms with E-state index in [0.717, 1.165) is 5.69 Å². The molecule has 27 heavy (non-hydrogen) atoms. The van der Waals surface area contributed by atoms with Crippen LogP contribution < -0.4 is 14.9 Å². The van der Waals surface area contributed by atoms with Crippen molar-refractivity contribution in [3.05, 3.63) is 72.2 Å². The van der Waals surface area contributed by atoms with Crippen LogP contribution >= 0.6 is 0 Å². The second kappa shape index (κ2) is 6.76. The molecule has 3 heterocycles. The topological polar surface area (TPSA) is 111 Å². The van der Waals surface area contributed by atoms with Gasteiger partial charge in [-0.15, -0.1) is 0 Å². The number of hydrogen-bond acceptors (Lipinski definition) is 6. The van der Waals surface area contributed by atoms with Crippen LogP contribution in [0.3, 0.4) is 0 Å². The molecule has 0 saturated carbocycles. The van der Waals surface area contributed by atoms with Crippen molar-refractivity contribution in [2.24, 2.45) is 0 Å². The van der Waals surface area contributed by atoms with E-state index in [2.05, 4.69) is 15.0 Å². The third-order valence-corrected chi connectivity index (χ3v) is 5.41. The lowest BCUT2D eigenvalue weighted by Gasteiger charge is -2.29. The van der Waals surface area contributed by atoms with Crippen LogP contribution in [0.5, 0.6) is 0 Å². The minimum Gasteiger partial charge on any atom is -0.448 e. The van der Waals surface area contributed by atoms with E-state index in [0.29, 0.717) is 35.2 Å². The highest BCUT2D eigenvalue weighted by molar-refractivity contribution is 7.91. The number of furan rings is 1. The lowest BCUT2D eigenvalue weighted by atomic mass is 10.2. The van der Waals surface area contributed by atoms with Gasteiger partial charge in [0.05, 0.1) is 24.2 Å². The number of rotatable bonds is 5. The number of sulfonamides is 1. The fourth-order valence-electron chi connectivity index (χ4n) is 2.85. The van der Waals surface area contributed by atoms with E-state index in [1.165, 1.54) is 6.26 Å². The van der Waals surface area contributed by atoms with Gasteiger partial charge in [0.25, 0.3) is 0 Å². The number of aromatic nitrogens is 1. The van der Waals surface area contributed by atoms with E-state index in [9.17, 15) is 8.42 Å². The lowest BCUT2D eigenvalue weighted by molar-refractivity contribution is 0.577. The summed E-state index contributed by atoms with van der Waals surface area (Å²) >= 11 is 0. The lowest BCUT2D eigenvalue weighted by Crippen LogP contribution is -2.39. The first-order valence-electron chi connectivity index (χ1n) is 8.19. The van der Waals surface area contributed by atoms with Gasteiger partial charge in [-0.05, 0) is 48.0 Å². The molecule has 3 N–H and O–H groups in total. The highest BCUT2D eigenvalue weighted by atomic mass is 32.2. The number of pyridine rings is 1. The number of amidine groups is 1. The van der Waals surface area contributed by atoms with Crippen LogP contribution in [-0.2, 0) is 15.8 Å². The zero-order valence-corrected chi connectivity index (χ0v) is 15.0. The monoisotopic (exact) mass is 383 g/mol. The highest BCUT2D eigenvalue weighted by Crippen LogP contribution is 2.28. The first kappa shape index (κ1) is 17.1. The molecular formula is C18H17N5O3S. The molecule has 0 fully saturated rings. The van der Waals surface area contributed by atoms with Crippen LogP contribution in [0.25, 0.3) is 0 Å². The molecule has 9 heteroatoms. The van der Waals surface area contributed by atoms with Gasteiger partial charge in [0.1, 0.15) is 5.84 Å². The molecule has 0 aliphatic carbocycles. The van der Waals surface area contributed by atoms with E-state index in [4.69, 9.17) is 9.83 Å². The SMILES string of the molecule is N=C1c2ccoc2NCN1c1ccc(NS(=O)(=O)Cc2ccncc2)cc1. The molecule has 4 rings (SSSR count). The third-order valence-electron chi connectivity index (χ3n) is 4.15. The van der Waals surface area contributed by atoms with Crippen LogP contribution in [0.2, 0.25) is 0 Å². The van der Waals surface area contributed by atoms with Gasteiger partial charge in [0, 0.05) is 23.8 Å². The number of nitrogens with one attached hydrogen (secondary N) is 3. The van der Waals surface area contributed by atoms with Crippen LogP contribution in [0.4, 0.5) is 17.3 Å². The molecule has 2 aromatic heterocycles. The summed E-state index contributed by atoms with van der Waals surface area (Å²) in [6.45, 7) is 0.395. The summed E-state index contributed by atoms with van der Waals surface area (Å²) in [4.78, 5) is 5.65. The highest BCUT2D eigenvalue weighted by Gasteiger charge is 2.24. The molecule has 1 aliphatic heterocycles. The summed E-state index contributed by atoms with van der Waals surface area (Å²) in [7, 11) is -3.53. The van der Waals surface area contributed by atoms with Crippen LogP contribution in [0.15, 0.2) is 65.5 Å². The van der Waals surface area contributed by atoms with Gasteiger partial charge in [0.2, 0.25) is 15.9 Å². The predicted octanol–water partition coefficient (Wildman–Crippen LogP) is 2.83. The van der Waals surface area contributed by atoms with Crippen molar-refractivity contribution < 1.29 is 12.8 Å². The Morgan fingerprint density at radius 1 is 1.15 bits per heavy atom. The summed E-state index contributed by atoms with van der Waals surface area (Å²) < 4.78 is 32.5. The van der Waals surface area contributed by atoms with Crippen molar-refractivity contribution in [2.45, 2.75) is 5.75 Å². The zero-order chi connectivity index (χ0) is 18.9. The zero-order valence-electron chi connectivity index (χ0n) is 14.2. The molecule has 8 nitrogen and oxygen atoms in total. The number of anilines is 3. The van der Waals surface area contributed by atoms with Crippen molar-refractivity contribution in [3.63, 3.8) is 0 Å². The Balaban J connectivity index is 1.47. The summed E-state index contributed by atoms with van der Waals surface area (Å²) in [6, 6.07) is 12.0. The number of nitrogens with zero attached hydrogens (tertiary/aromatic N) is 2. The Morgan fingerprint density at radius 3 is 2.63 bits per heavy atom. The molecule has 0 atom stereocenters. The smallest absolute Gasteiger partial charge is 0.236 e. The fourth-order valence-corrected chi connectivity index (χ4v) is 4.05. The fraction of sp³-hybridized carbons (Fsp3) is 0.111. The minimum absolute atomic E-state index is 0.124. The van der Waals surface area contributed by atoms with Gasteiger partial charge < -0.3 is 14.6 Å². The van der Waals surface area contributed by atoms with Crippen molar-refractivity contribution in [3.8, 4) is 0 Å². The van der Waals surface area contributed by atoms with Crippen molar-refractivity contribution in [2.75, 3.05) is 21.6 Å². The van der Waals surface area contributed by atoms with E-state index >= 15 is 0 Å². The van der Waals surface area contributed by atoms with Crippen molar-refractivity contribution in [1.29, 1.82) is 5.41 Å². The number of fused-ring (bicyclic) bond motifs is 1. The minimum atomic E-state index is -3.53. The van der Waals surface area contributed by atoms with E-state index in [1.807, 2.05) is 0 Å². The third kappa shape index (κ3) is 3.63. The van der Waals surface area contributed by atoms with Gasteiger partial charge >= 0.3 is 0 Å². The Hall–Kier alpha value is -3.33. The van der Waals surface area contributed by atoms with Crippen molar-refractivity contribution >= 4 is 33.1 Å². The van der Waals surface area contributed by atoms with E-state index in [-0.39, 0.29) is 5.75 Å². The molecule has 138 valence electrons. The van der Waals surface area contributed by atoms with Crippen LogP contribution in [-0.4, -0.2) is 25.9 Å². The molecule has 0 unspecified atom stereocenters. The van der Waals surface area contributed by atoms with Crippen LogP contribution in [0, 0.1) is 5.41 Å². The van der Waals surface area contributed by atoms with Gasteiger partial charge in [-0.1, -0.05) is 0 Å². The molecule has 0 bridgehead atoms. The number of hydrogen-bond donors (Lipinski definition) is 3. The Bertz CT molecular complexity index is 1060. The van der Waals surface area contributed by atoms with Crippen LogP contribution in [0.1, 0.15) is 11.1 Å². The first-order chi connectivity index (χ1) is 13.0. The second-order valence-corrected chi connectivity index (χ2v) is 7.76. The molecule has 1 aromatic carbocycles. The first-order valence-corrected chi connectivity index (χ1v) is 9.84. The second-order valence-electron chi connectivity index (χ2n) is 6.04. The maximum Gasteiger partial charge on any atom is 0.236 e. The summed E-state index contributed by atoms with van der Waals surface area (Å²) in [5, 5.41) is 11.4. The molecular weight excluding hydrogens is 366 g/mol. The summed E-state index contributed by atoms with van der Waals surface area (Å²) in [5.41, 5.74) is 2.59. The van der Waals surface area contributed by atoms with Gasteiger partial charge in [-0.25, -0.2) is 8.42 Å². The van der Waals surface area contributed by atoms with E-state index < -0.39 is 10.0 Å². The summed E-state index contributed by atoms with van der Waals surface area (Å²) in [6.07, 6.45) is 4.66.